The summed E-state index contributed by atoms with van der Waals surface area (Å²) in [5.41, 5.74) is 8.01. The van der Waals surface area contributed by atoms with Crippen LogP contribution < -0.4 is 9.47 Å². The summed E-state index contributed by atoms with van der Waals surface area (Å²) in [5.74, 6) is 0. The minimum atomic E-state index is 0.373. The molecule has 1 aromatic heterocycles. The third-order valence-corrected chi connectivity index (χ3v) is 5.63. The molecule has 0 radical (unpaired) electrons. The third-order valence-electron chi connectivity index (χ3n) is 5.63. The van der Waals surface area contributed by atoms with Crippen LogP contribution in [0.25, 0.3) is 37.8 Å². The van der Waals surface area contributed by atoms with Crippen molar-refractivity contribution in [2.24, 2.45) is 7.05 Å². The Morgan fingerprint density at radius 1 is 1.15 bits per heavy atom. The molecule has 0 spiro atoms. The minimum absolute atomic E-state index is 0.373. The number of anilines is 2. The van der Waals surface area contributed by atoms with Gasteiger partial charge in [-0.1, -0.05) is 24.3 Å². The van der Waals surface area contributed by atoms with Gasteiger partial charge in [0.1, 0.15) is 5.69 Å². The quantitative estimate of drug-likeness (QED) is 0.367. The molecular weight excluding hydrogens is 332 g/mol. The first-order valence-electron chi connectivity index (χ1n) is 9.01. The average Bonchev–Trinajstić information content (AvgIpc) is 2.67. The van der Waals surface area contributed by atoms with E-state index in [2.05, 4.69) is 82.8 Å². The Bertz CT molecular complexity index is 1300. The summed E-state index contributed by atoms with van der Waals surface area (Å²) in [6, 6.07) is 15.0. The number of aryl methyl sites for hydroxylation is 2. The third kappa shape index (κ3) is 2.09. The molecule has 3 aromatic carbocycles. The van der Waals surface area contributed by atoms with E-state index in [0.717, 1.165) is 22.2 Å². The van der Waals surface area contributed by atoms with Gasteiger partial charge in [0.05, 0.1) is 23.8 Å². The normalized spacial score (nSPS) is 12.3. The molecule has 27 heavy (non-hydrogen) atoms. The summed E-state index contributed by atoms with van der Waals surface area (Å²) in [5, 5.41) is 3.68. The number of hydrogen-bond donors (Lipinski definition) is 0. The van der Waals surface area contributed by atoms with E-state index < -0.39 is 0 Å². The van der Waals surface area contributed by atoms with E-state index in [-0.39, 0.29) is 0 Å². The minimum Gasteiger partial charge on any atom is -0.343 e. The first-order valence-corrected chi connectivity index (χ1v) is 9.01. The van der Waals surface area contributed by atoms with Crippen molar-refractivity contribution in [3.05, 3.63) is 71.3 Å². The van der Waals surface area contributed by atoms with E-state index in [1.165, 1.54) is 33.3 Å². The van der Waals surface area contributed by atoms with E-state index in [4.69, 9.17) is 6.57 Å². The van der Waals surface area contributed by atoms with Crippen LogP contribution in [0.3, 0.4) is 0 Å². The van der Waals surface area contributed by atoms with Gasteiger partial charge in [0, 0.05) is 24.2 Å². The number of nitrogens with zero attached hydrogens (tertiary/aromatic N) is 4. The van der Waals surface area contributed by atoms with Crippen LogP contribution in [0.5, 0.6) is 0 Å². The maximum absolute atomic E-state index is 7.24. The van der Waals surface area contributed by atoms with E-state index >= 15 is 0 Å². The second-order valence-electron chi connectivity index (χ2n) is 7.21. The fourth-order valence-corrected chi connectivity index (χ4v) is 4.35. The molecule has 0 bridgehead atoms. The van der Waals surface area contributed by atoms with Crippen LogP contribution in [0.15, 0.2) is 48.8 Å². The van der Waals surface area contributed by atoms with Crippen LogP contribution in [0.2, 0.25) is 0 Å². The van der Waals surface area contributed by atoms with Gasteiger partial charge in [-0.3, -0.25) is 0 Å². The van der Waals surface area contributed by atoms with Crippen LogP contribution in [-0.2, 0) is 13.6 Å². The van der Waals surface area contributed by atoms with Crippen molar-refractivity contribution in [3.63, 3.8) is 0 Å². The standard InChI is InChI=1S/C23H19N4/c1-14-17-8-6-5-7-16(17)11-20-21(14)23-22-18(25-13-26(23)3)9-15(12-24-2)10-19(22)27(20)4/h5-11,13H,12H2,1,3-4H3/q+1. The molecule has 4 heteroatoms. The van der Waals surface area contributed by atoms with Crippen LogP contribution in [-0.4, -0.2) is 12.0 Å². The topological polar surface area (TPSA) is 24.4 Å². The maximum atomic E-state index is 7.24. The fraction of sp³-hybridized carbons (Fsp3) is 0.174. The van der Waals surface area contributed by atoms with Crippen molar-refractivity contribution in [1.82, 2.24) is 4.98 Å². The Morgan fingerprint density at radius 3 is 2.78 bits per heavy atom. The van der Waals surface area contributed by atoms with Crippen molar-refractivity contribution < 1.29 is 4.57 Å². The molecule has 2 heterocycles. The predicted molar refractivity (Wildman–Crippen MR) is 109 cm³/mol. The summed E-state index contributed by atoms with van der Waals surface area (Å²) in [6.45, 7) is 9.82. The molecule has 1 aliphatic heterocycles. The first kappa shape index (κ1) is 15.8. The van der Waals surface area contributed by atoms with Crippen LogP contribution in [0.4, 0.5) is 11.4 Å². The van der Waals surface area contributed by atoms with Crippen molar-refractivity contribution in [3.8, 4) is 11.3 Å². The maximum Gasteiger partial charge on any atom is 0.287 e. The summed E-state index contributed by atoms with van der Waals surface area (Å²) in [4.78, 5) is 10.5. The van der Waals surface area contributed by atoms with Crippen molar-refractivity contribution in [2.45, 2.75) is 13.5 Å². The van der Waals surface area contributed by atoms with Crippen LogP contribution >= 0.6 is 0 Å². The average molecular weight is 351 g/mol. The lowest BCUT2D eigenvalue weighted by Gasteiger charge is -2.30. The SMILES string of the molecule is [C-]#[N+]Cc1cc2c3c([n+](C)cnc3c1)-c1c(cc3ccccc3c1C)N2C. The van der Waals surface area contributed by atoms with Gasteiger partial charge in [-0.05, 0) is 40.4 Å². The van der Waals surface area contributed by atoms with Gasteiger partial charge in [-0.15, -0.1) is 0 Å². The number of fused-ring (bicyclic) bond motifs is 3. The fourth-order valence-electron chi connectivity index (χ4n) is 4.35. The molecule has 0 amide bonds. The molecule has 0 N–H and O–H groups in total. The second kappa shape index (κ2) is 5.52. The zero-order valence-electron chi connectivity index (χ0n) is 15.6. The molecule has 0 unspecified atom stereocenters. The number of rotatable bonds is 1. The van der Waals surface area contributed by atoms with Gasteiger partial charge in [-0.25, -0.2) is 11.1 Å². The van der Waals surface area contributed by atoms with E-state index in [1.807, 2.05) is 6.33 Å². The smallest absolute Gasteiger partial charge is 0.287 e. The van der Waals surface area contributed by atoms with E-state index in [0.29, 0.717) is 6.54 Å². The summed E-state index contributed by atoms with van der Waals surface area (Å²) in [6.07, 6.45) is 1.88. The summed E-state index contributed by atoms with van der Waals surface area (Å²) >= 11 is 0. The zero-order chi connectivity index (χ0) is 18.7. The lowest BCUT2D eigenvalue weighted by atomic mass is 9.89. The van der Waals surface area contributed by atoms with E-state index in [1.54, 1.807) is 0 Å². The predicted octanol–water partition coefficient (Wildman–Crippen LogP) is 4.69. The van der Waals surface area contributed by atoms with Crippen LogP contribution in [0, 0.1) is 13.5 Å². The Kier molecular flexibility index (Phi) is 3.23. The molecule has 4 aromatic rings. The number of benzene rings is 3. The molecule has 0 fully saturated rings. The summed E-state index contributed by atoms with van der Waals surface area (Å²) in [7, 11) is 4.17. The monoisotopic (exact) mass is 351 g/mol. The lowest BCUT2D eigenvalue weighted by Crippen LogP contribution is -2.34. The van der Waals surface area contributed by atoms with Crippen molar-refractivity contribution >= 4 is 33.1 Å². The molecule has 130 valence electrons. The Hall–Kier alpha value is -3.45. The largest absolute Gasteiger partial charge is 0.343 e. The summed E-state index contributed by atoms with van der Waals surface area (Å²) < 4.78 is 2.12. The van der Waals surface area contributed by atoms with Gasteiger partial charge >= 0.3 is 0 Å². The van der Waals surface area contributed by atoms with E-state index in [9.17, 15) is 0 Å². The van der Waals surface area contributed by atoms with Crippen molar-refractivity contribution in [2.75, 3.05) is 11.9 Å². The lowest BCUT2D eigenvalue weighted by molar-refractivity contribution is -0.662. The highest BCUT2D eigenvalue weighted by Crippen LogP contribution is 2.48. The molecule has 0 atom stereocenters. The molecule has 4 nitrogen and oxygen atoms in total. The molecule has 0 saturated heterocycles. The van der Waals surface area contributed by atoms with Crippen LogP contribution in [0.1, 0.15) is 11.1 Å². The Labute approximate surface area is 158 Å². The second-order valence-corrected chi connectivity index (χ2v) is 7.21. The zero-order valence-corrected chi connectivity index (χ0v) is 15.6. The molecule has 0 saturated carbocycles. The highest BCUT2D eigenvalue weighted by atomic mass is 15.1. The Morgan fingerprint density at radius 2 is 1.96 bits per heavy atom. The van der Waals surface area contributed by atoms with Gasteiger partial charge in [0.15, 0.2) is 5.52 Å². The molecule has 5 rings (SSSR count). The van der Waals surface area contributed by atoms with Gasteiger partial charge in [0.2, 0.25) is 6.54 Å². The van der Waals surface area contributed by atoms with Gasteiger partial charge in [-0.2, -0.15) is 0 Å². The number of hydrogen-bond acceptors (Lipinski definition) is 2. The highest BCUT2D eigenvalue weighted by Gasteiger charge is 2.31. The van der Waals surface area contributed by atoms with Gasteiger partial charge in [0.25, 0.3) is 6.33 Å². The van der Waals surface area contributed by atoms with Crippen molar-refractivity contribution in [1.29, 1.82) is 0 Å². The highest BCUT2D eigenvalue weighted by molar-refractivity contribution is 6.12. The molecular formula is C23H19N4+. The molecule has 0 aliphatic carbocycles. The number of aromatic nitrogens is 2. The Balaban J connectivity index is 1.98. The molecule has 1 aliphatic rings. The first-order chi connectivity index (χ1) is 13.1. The van der Waals surface area contributed by atoms with Gasteiger partial charge < -0.3 is 9.74 Å².